The molecule has 1 aliphatic heterocycles. The molecule has 26 heavy (non-hydrogen) atoms. The minimum Gasteiger partial charge on any atom is -0.355 e. The maximum absolute atomic E-state index is 11.8. The van der Waals surface area contributed by atoms with Gasteiger partial charge in [-0.25, -0.2) is 9.78 Å². The van der Waals surface area contributed by atoms with Crippen molar-refractivity contribution in [1.82, 2.24) is 15.2 Å². The van der Waals surface area contributed by atoms with E-state index in [1.54, 1.807) is 6.20 Å². The molecule has 0 spiro atoms. The largest absolute Gasteiger partial charge is 0.355 e. The van der Waals surface area contributed by atoms with Gasteiger partial charge in [-0.1, -0.05) is 6.07 Å². The van der Waals surface area contributed by atoms with E-state index >= 15 is 0 Å². The lowest BCUT2D eigenvalue weighted by Crippen LogP contribution is -2.34. The maximum Gasteiger partial charge on any atom is 0.319 e. The summed E-state index contributed by atoms with van der Waals surface area (Å²) in [5, 5.41) is 7.76. The van der Waals surface area contributed by atoms with Gasteiger partial charge in [0.15, 0.2) is 0 Å². The summed E-state index contributed by atoms with van der Waals surface area (Å²) in [7, 11) is 0. The van der Waals surface area contributed by atoms with Crippen LogP contribution in [0.15, 0.2) is 35.8 Å². The molecule has 3 heterocycles. The Morgan fingerprint density at radius 3 is 2.81 bits per heavy atom. The number of carbonyl (C=O) groups is 1. The smallest absolute Gasteiger partial charge is 0.319 e. The zero-order valence-corrected chi connectivity index (χ0v) is 16.3. The molecule has 7 heteroatoms. The van der Waals surface area contributed by atoms with E-state index < -0.39 is 0 Å². The van der Waals surface area contributed by atoms with E-state index in [2.05, 4.69) is 42.9 Å². The first-order valence-electron chi connectivity index (χ1n) is 9.13. The van der Waals surface area contributed by atoms with Gasteiger partial charge in [0.2, 0.25) is 0 Å². The highest BCUT2D eigenvalue weighted by molar-refractivity contribution is 7.09. The lowest BCUT2D eigenvalue weighted by molar-refractivity contribution is 0.250. The Morgan fingerprint density at radius 2 is 2.12 bits per heavy atom. The quantitative estimate of drug-likeness (QED) is 0.843. The van der Waals surface area contributed by atoms with Gasteiger partial charge in [0.1, 0.15) is 5.82 Å². The Labute approximate surface area is 159 Å². The Hall–Kier alpha value is -2.12. The number of anilines is 2. The van der Waals surface area contributed by atoms with Crippen LogP contribution < -0.4 is 15.5 Å². The van der Waals surface area contributed by atoms with Crippen LogP contribution in [0.3, 0.4) is 0 Å². The number of hydrogen-bond acceptors (Lipinski definition) is 5. The minimum absolute atomic E-state index is 0.108. The third kappa shape index (κ3) is 5.44. The highest BCUT2D eigenvalue weighted by atomic mass is 32.1. The molecule has 140 valence electrons. The van der Waals surface area contributed by atoms with Crippen LogP contribution >= 0.6 is 11.3 Å². The van der Waals surface area contributed by atoms with Crippen LogP contribution in [0, 0.1) is 0 Å². The molecule has 1 fully saturated rings. The number of hydrogen-bond donors (Lipinski definition) is 2. The van der Waals surface area contributed by atoms with Crippen molar-refractivity contribution in [3.05, 3.63) is 40.7 Å². The second-order valence-corrected chi connectivity index (χ2v) is 7.89. The first kappa shape index (κ1) is 18.7. The normalized spacial score (nSPS) is 15.7. The predicted octanol–water partition coefficient (Wildman–Crippen LogP) is 3.39. The topological polar surface area (TPSA) is 60.5 Å². The van der Waals surface area contributed by atoms with E-state index in [-0.39, 0.29) is 12.1 Å². The lowest BCUT2D eigenvalue weighted by Gasteiger charge is -2.22. The zero-order chi connectivity index (χ0) is 18.4. The van der Waals surface area contributed by atoms with Crippen molar-refractivity contribution in [3.8, 4) is 0 Å². The molecule has 1 saturated heterocycles. The highest BCUT2D eigenvalue weighted by Crippen LogP contribution is 2.18. The summed E-state index contributed by atoms with van der Waals surface area (Å²) in [6.45, 7) is 9.03. The summed E-state index contributed by atoms with van der Waals surface area (Å²) in [6.07, 6.45) is 2.85. The summed E-state index contributed by atoms with van der Waals surface area (Å²) in [5.74, 6) is 0.970. The summed E-state index contributed by atoms with van der Waals surface area (Å²) >= 11 is 1.82. The van der Waals surface area contributed by atoms with Gasteiger partial charge in [-0.05, 0) is 43.8 Å². The Bertz CT molecular complexity index is 686. The number of rotatable bonds is 5. The number of nitrogens with zero attached hydrogens (tertiary/aromatic N) is 3. The van der Waals surface area contributed by atoms with E-state index in [1.165, 1.54) is 4.88 Å². The van der Waals surface area contributed by atoms with Crippen LogP contribution in [0.2, 0.25) is 0 Å². The summed E-state index contributed by atoms with van der Waals surface area (Å²) in [4.78, 5) is 22.6. The fraction of sp³-hybridized carbons (Fsp3) is 0.474. The van der Waals surface area contributed by atoms with Crippen molar-refractivity contribution >= 4 is 28.9 Å². The van der Waals surface area contributed by atoms with Crippen LogP contribution in [0.25, 0.3) is 0 Å². The Morgan fingerprint density at radius 1 is 1.23 bits per heavy atom. The van der Waals surface area contributed by atoms with Gasteiger partial charge < -0.3 is 15.5 Å². The molecule has 0 aromatic carbocycles. The maximum atomic E-state index is 11.8. The second kappa shape index (κ2) is 9.00. The Kier molecular flexibility index (Phi) is 6.46. The highest BCUT2D eigenvalue weighted by Gasteiger charge is 2.16. The fourth-order valence-electron chi connectivity index (χ4n) is 3.06. The van der Waals surface area contributed by atoms with Crippen LogP contribution in [0.4, 0.5) is 16.3 Å². The molecule has 1 aliphatic rings. The first-order chi connectivity index (χ1) is 12.6. The van der Waals surface area contributed by atoms with Crippen LogP contribution in [-0.4, -0.2) is 48.1 Å². The van der Waals surface area contributed by atoms with Crippen molar-refractivity contribution in [3.63, 3.8) is 0 Å². The van der Waals surface area contributed by atoms with Gasteiger partial charge in [0.25, 0.3) is 0 Å². The van der Waals surface area contributed by atoms with Gasteiger partial charge in [0, 0.05) is 43.6 Å². The number of nitrogens with one attached hydrogen (secondary N) is 2. The fourth-order valence-corrected chi connectivity index (χ4v) is 3.80. The third-order valence-electron chi connectivity index (χ3n) is 4.30. The Balaban J connectivity index is 1.53. The van der Waals surface area contributed by atoms with Crippen molar-refractivity contribution in [2.45, 2.75) is 32.9 Å². The molecule has 0 saturated carbocycles. The molecule has 0 atom stereocenters. The molecular formula is C19H27N5OS. The summed E-state index contributed by atoms with van der Waals surface area (Å²) < 4.78 is 0. The van der Waals surface area contributed by atoms with E-state index in [0.29, 0.717) is 5.69 Å². The molecular weight excluding hydrogens is 346 g/mol. The van der Waals surface area contributed by atoms with Gasteiger partial charge in [-0.2, -0.15) is 0 Å². The molecule has 2 amide bonds. The average Bonchev–Trinajstić information content (AvgIpc) is 2.99. The number of thiophene rings is 1. The van der Waals surface area contributed by atoms with Crippen LogP contribution in [0.1, 0.15) is 25.1 Å². The second-order valence-electron chi connectivity index (χ2n) is 6.85. The average molecular weight is 374 g/mol. The molecule has 6 nitrogen and oxygen atoms in total. The van der Waals surface area contributed by atoms with Crippen molar-refractivity contribution in [1.29, 1.82) is 0 Å². The molecule has 2 aromatic rings. The molecule has 2 N–H and O–H groups in total. The number of urea groups is 1. The number of carbonyl (C=O) groups excluding carboxylic acids is 1. The molecule has 0 unspecified atom stereocenters. The number of pyridine rings is 1. The third-order valence-corrected chi connectivity index (χ3v) is 5.16. The molecule has 0 radical (unpaired) electrons. The molecule has 3 rings (SSSR count). The zero-order valence-electron chi connectivity index (χ0n) is 15.4. The van der Waals surface area contributed by atoms with E-state index in [1.807, 2.05) is 37.3 Å². The van der Waals surface area contributed by atoms with Gasteiger partial charge in [-0.15, -0.1) is 11.3 Å². The minimum atomic E-state index is -0.200. The van der Waals surface area contributed by atoms with E-state index in [9.17, 15) is 4.79 Å². The number of aromatic nitrogens is 1. The molecule has 0 bridgehead atoms. The van der Waals surface area contributed by atoms with Crippen molar-refractivity contribution < 1.29 is 4.79 Å². The van der Waals surface area contributed by atoms with Gasteiger partial charge in [-0.3, -0.25) is 4.90 Å². The van der Waals surface area contributed by atoms with Gasteiger partial charge in [0.05, 0.1) is 11.9 Å². The van der Waals surface area contributed by atoms with E-state index in [0.717, 1.165) is 45.0 Å². The summed E-state index contributed by atoms with van der Waals surface area (Å²) in [6, 6.07) is 8.13. The lowest BCUT2D eigenvalue weighted by atomic mass is 10.3. The van der Waals surface area contributed by atoms with Crippen molar-refractivity contribution in [2.75, 3.05) is 36.4 Å². The van der Waals surface area contributed by atoms with Gasteiger partial charge >= 0.3 is 6.03 Å². The van der Waals surface area contributed by atoms with Crippen LogP contribution in [0.5, 0.6) is 0 Å². The van der Waals surface area contributed by atoms with E-state index in [4.69, 9.17) is 0 Å². The molecule has 2 aromatic heterocycles. The number of amides is 2. The van der Waals surface area contributed by atoms with Crippen LogP contribution in [-0.2, 0) is 6.54 Å². The standard InChI is InChI=1S/C19H27N5OS/c1-15(2)21-19(25)22-16-6-7-18(20-13-16)24-9-4-8-23(10-11-24)14-17-5-3-12-26-17/h3,5-7,12-13,15H,4,8-11,14H2,1-2H3,(H2,21,22,25). The first-order valence-corrected chi connectivity index (χ1v) is 10.0. The molecule has 0 aliphatic carbocycles. The predicted molar refractivity (Wildman–Crippen MR) is 108 cm³/mol. The monoisotopic (exact) mass is 373 g/mol. The SMILES string of the molecule is CC(C)NC(=O)Nc1ccc(N2CCCN(Cc3cccs3)CC2)nc1. The van der Waals surface area contributed by atoms with Crippen molar-refractivity contribution in [2.24, 2.45) is 0 Å². The summed E-state index contributed by atoms with van der Waals surface area (Å²) in [5.41, 5.74) is 0.709.